The quantitative estimate of drug-likeness (QED) is 0.426. The number of likely N-dealkylation sites (tertiary alicyclic amines) is 1. The molecule has 1 amide bonds. The van der Waals surface area contributed by atoms with E-state index in [-0.39, 0.29) is 24.0 Å². The number of imidazole rings is 1. The van der Waals surface area contributed by atoms with E-state index < -0.39 is 0 Å². The molecular weight excluding hydrogens is 478 g/mol. The van der Waals surface area contributed by atoms with Crippen LogP contribution in [0.4, 0.5) is 0 Å². The van der Waals surface area contributed by atoms with Crippen molar-refractivity contribution in [3.05, 3.63) is 42.1 Å². The Bertz CT molecular complexity index is 1570. The first-order chi connectivity index (χ1) is 18.4. The summed E-state index contributed by atoms with van der Waals surface area (Å²) in [5.41, 5.74) is 10.8. The maximum Gasteiger partial charge on any atom is 0.254 e. The highest BCUT2D eigenvalue weighted by Crippen LogP contribution is 2.41. The third-order valence-corrected chi connectivity index (χ3v) is 9.02. The molecule has 4 aromatic rings. The van der Waals surface area contributed by atoms with Gasteiger partial charge in [-0.05, 0) is 75.5 Å². The standard InChI is InChI=1S/C29H35N7O2/c1-33(2)21-12-19-15-36(26(21)24(19)30)29(37)18-10-20-25(23(13-18)38-4)34(3)28(32-20)22-11-17-6-5-9-31-27(17)35(22)14-16-7-8-16/h5-6,9-11,13,16,19,21,24,26H,7-8,12,14-15,30H2,1-4H3/t19-,21+,24?,26?/m1/s1. The number of amides is 1. The Morgan fingerprint density at radius 2 is 2.05 bits per heavy atom. The van der Waals surface area contributed by atoms with Crippen molar-refractivity contribution in [2.24, 2.45) is 24.6 Å². The SMILES string of the molecule is COc1cc(C(=O)N2C[C@H]3C[C@H](N(C)C)C2C3N)cc2nc(-c3cc4cccnc4n3CC3CC3)n(C)c12. The fraction of sp³-hybridized carbons (Fsp3) is 0.483. The minimum atomic E-state index is -0.000972. The zero-order chi connectivity index (χ0) is 26.3. The molecular formula is C29H35N7O2. The lowest BCUT2D eigenvalue weighted by molar-refractivity contribution is 0.0589. The molecule has 1 aliphatic heterocycles. The van der Waals surface area contributed by atoms with Crippen LogP contribution in [0, 0.1) is 11.8 Å². The molecule has 0 spiro atoms. The first-order valence-corrected chi connectivity index (χ1v) is 13.6. The van der Waals surface area contributed by atoms with Crippen LogP contribution in [-0.2, 0) is 13.6 Å². The van der Waals surface area contributed by atoms with E-state index >= 15 is 0 Å². The summed E-state index contributed by atoms with van der Waals surface area (Å²) < 4.78 is 10.2. The minimum Gasteiger partial charge on any atom is -0.494 e. The number of benzene rings is 1. The van der Waals surface area contributed by atoms with E-state index in [2.05, 4.69) is 45.2 Å². The number of aryl methyl sites for hydroxylation is 1. The highest BCUT2D eigenvalue weighted by molar-refractivity contribution is 6.00. The number of rotatable bonds is 6. The number of carbonyl (C=O) groups excluding carboxylic acids is 1. The molecule has 2 saturated carbocycles. The molecule has 2 unspecified atom stereocenters. The maximum absolute atomic E-state index is 13.9. The van der Waals surface area contributed by atoms with Gasteiger partial charge in [0, 0.05) is 49.4 Å². The predicted molar refractivity (Wildman–Crippen MR) is 147 cm³/mol. The third-order valence-electron chi connectivity index (χ3n) is 9.02. The Hall–Kier alpha value is -3.43. The zero-order valence-electron chi connectivity index (χ0n) is 22.5. The summed E-state index contributed by atoms with van der Waals surface area (Å²) in [5.74, 6) is 2.52. The van der Waals surface area contributed by atoms with Gasteiger partial charge in [0.2, 0.25) is 0 Å². The highest BCUT2D eigenvalue weighted by atomic mass is 16.5. The van der Waals surface area contributed by atoms with Crippen molar-refractivity contribution >= 4 is 28.0 Å². The second-order valence-corrected chi connectivity index (χ2v) is 11.6. The van der Waals surface area contributed by atoms with Crippen molar-refractivity contribution in [2.75, 3.05) is 27.7 Å². The second-order valence-electron chi connectivity index (χ2n) is 11.6. The van der Waals surface area contributed by atoms with Gasteiger partial charge in [-0.2, -0.15) is 0 Å². The van der Waals surface area contributed by atoms with Gasteiger partial charge in [-0.25, -0.2) is 9.97 Å². The summed E-state index contributed by atoms with van der Waals surface area (Å²) in [6.45, 7) is 1.64. The van der Waals surface area contributed by atoms with Gasteiger partial charge >= 0.3 is 0 Å². The lowest BCUT2D eigenvalue weighted by Crippen LogP contribution is -2.52. The lowest BCUT2D eigenvalue weighted by atomic mass is 10.0. The van der Waals surface area contributed by atoms with Crippen LogP contribution in [0.2, 0.25) is 0 Å². The van der Waals surface area contributed by atoms with Crippen LogP contribution in [0.25, 0.3) is 33.6 Å². The average molecular weight is 514 g/mol. The van der Waals surface area contributed by atoms with Crippen LogP contribution >= 0.6 is 0 Å². The number of methoxy groups -OCH3 is 1. The molecule has 1 aromatic carbocycles. The Morgan fingerprint density at radius 3 is 2.76 bits per heavy atom. The summed E-state index contributed by atoms with van der Waals surface area (Å²) >= 11 is 0. The minimum absolute atomic E-state index is 0.000972. The van der Waals surface area contributed by atoms with E-state index in [0.717, 1.165) is 46.6 Å². The third kappa shape index (κ3) is 3.48. The number of aromatic nitrogens is 4. The molecule has 3 aliphatic rings. The summed E-state index contributed by atoms with van der Waals surface area (Å²) in [4.78, 5) is 27.8. The molecule has 3 aromatic heterocycles. The summed E-state index contributed by atoms with van der Waals surface area (Å²) in [7, 11) is 7.81. The summed E-state index contributed by atoms with van der Waals surface area (Å²) in [6.07, 6.45) is 5.40. The van der Waals surface area contributed by atoms with Crippen LogP contribution in [0.3, 0.4) is 0 Å². The average Bonchev–Trinajstić information content (AvgIpc) is 3.33. The van der Waals surface area contributed by atoms with Gasteiger partial charge in [0.1, 0.15) is 16.9 Å². The van der Waals surface area contributed by atoms with Gasteiger partial charge in [-0.1, -0.05) is 0 Å². The summed E-state index contributed by atoms with van der Waals surface area (Å²) in [5, 5.41) is 1.11. The Morgan fingerprint density at radius 1 is 1.24 bits per heavy atom. The fourth-order valence-electron chi connectivity index (χ4n) is 6.86. The van der Waals surface area contributed by atoms with E-state index in [9.17, 15) is 4.79 Å². The molecule has 9 nitrogen and oxygen atoms in total. The van der Waals surface area contributed by atoms with Crippen molar-refractivity contribution < 1.29 is 9.53 Å². The molecule has 0 radical (unpaired) electrons. The van der Waals surface area contributed by atoms with Crippen LogP contribution in [0.1, 0.15) is 29.6 Å². The van der Waals surface area contributed by atoms with E-state index in [4.69, 9.17) is 15.5 Å². The van der Waals surface area contributed by atoms with Crippen molar-refractivity contribution in [3.63, 3.8) is 0 Å². The molecule has 198 valence electrons. The fourth-order valence-corrected chi connectivity index (χ4v) is 6.86. The molecule has 7 rings (SSSR count). The van der Waals surface area contributed by atoms with Gasteiger partial charge in [0.15, 0.2) is 5.82 Å². The maximum atomic E-state index is 13.9. The van der Waals surface area contributed by atoms with Gasteiger partial charge in [0.25, 0.3) is 5.91 Å². The number of carbonyl (C=O) groups is 1. The van der Waals surface area contributed by atoms with Crippen molar-refractivity contribution in [1.29, 1.82) is 0 Å². The van der Waals surface area contributed by atoms with Crippen molar-refractivity contribution in [3.8, 4) is 17.3 Å². The Balaban J connectivity index is 1.32. The second kappa shape index (κ2) is 8.54. The van der Waals surface area contributed by atoms with Gasteiger partial charge in [0.05, 0.1) is 24.4 Å². The highest BCUT2D eigenvalue weighted by Gasteiger charge is 2.53. The zero-order valence-corrected chi connectivity index (χ0v) is 22.5. The van der Waals surface area contributed by atoms with Crippen molar-refractivity contribution in [2.45, 2.75) is 43.9 Å². The normalized spacial score (nSPS) is 24.8. The van der Waals surface area contributed by atoms with Crippen LogP contribution in [0.15, 0.2) is 36.5 Å². The monoisotopic (exact) mass is 513 g/mol. The first kappa shape index (κ1) is 23.7. The van der Waals surface area contributed by atoms with Crippen LogP contribution < -0.4 is 10.5 Å². The number of likely N-dealkylation sites (N-methyl/N-ethyl adjacent to an activating group) is 1. The van der Waals surface area contributed by atoms with Gasteiger partial charge in [-0.15, -0.1) is 0 Å². The molecule has 4 atom stereocenters. The topological polar surface area (TPSA) is 94.4 Å². The number of fused-ring (bicyclic) bond motifs is 4. The summed E-state index contributed by atoms with van der Waals surface area (Å²) in [6, 6.07) is 10.3. The molecule has 38 heavy (non-hydrogen) atoms. The molecule has 2 N–H and O–H groups in total. The van der Waals surface area contributed by atoms with E-state index in [1.54, 1.807) is 7.11 Å². The Labute approximate surface area is 222 Å². The predicted octanol–water partition coefficient (Wildman–Crippen LogP) is 3.11. The first-order valence-electron chi connectivity index (χ1n) is 13.6. The number of nitrogens with two attached hydrogens (primary N) is 1. The smallest absolute Gasteiger partial charge is 0.254 e. The molecule has 3 fully saturated rings. The van der Waals surface area contributed by atoms with Crippen LogP contribution in [0.5, 0.6) is 5.75 Å². The van der Waals surface area contributed by atoms with E-state index in [0.29, 0.717) is 29.7 Å². The number of nitrogens with zero attached hydrogens (tertiary/aromatic N) is 6. The largest absolute Gasteiger partial charge is 0.494 e. The lowest BCUT2D eigenvalue weighted by Gasteiger charge is -2.37. The number of ether oxygens (including phenoxy) is 1. The van der Waals surface area contributed by atoms with Gasteiger partial charge < -0.3 is 29.4 Å². The number of piperidine rings is 1. The van der Waals surface area contributed by atoms with E-state index in [1.165, 1.54) is 12.8 Å². The van der Waals surface area contributed by atoms with Gasteiger partial charge in [-0.3, -0.25) is 4.79 Å². The van der Waals surface area contributed by atoms with Crippen LogP contribution in [-0.4, -0.2) is 80.7 Å². The molecule has 1 saturated heterocycles. The number of pyridine rings is 1. The molecule has 2 aliphatic carbocycles. The Kier molecular flexibility index (Phi) is 5.32. The molecule has 2 bridgehead atoms. The number of hydrogen-bond donors (Lipinski definition) is 1. The molecule has 9 heteroatoms. The molecule has 4 heterocycles. The van der Waals surface area contributed by atoms with E-state index in [1.807, 2.05) is 36.3 Å². The number of hydrogen-bond acceptors (Lipinski definition) is 6. The van der Waals surface area contributed by atoms with Crippen molar-refractivity contribution in [1.82, 2.24) is 28.9 Å².